The maximum atomic E-state index is 4.98. The van der Waals surface area contributed by atoms with Crippen molar-refractivity contribution in [2.75, 3.05) is 6.61 Å². The predicted octanol–water partition coefficient (Wildman–Crippen LogP) is 0.481. The van der Waals surface area contributed by atoms with Crippen molar-refractivity contribution in [2.45, 2.75) is 6.10 Å². The average Bonchev–Trinajstić information content (AvgIpc) is 2.49. The third kappa shape index (κ3) is 0.518. The Balaban J connectivity index is 2.28. The molecule has 0 saturated carbocycles. The van der Waals surface area contributed by atoms with Crippen LogP contribution in [0.15, 0.2) is 12.5 Å². The van der Waals surface area contributed by atoms with E-state index in [1.54, 1.807) is 12.5 Å². The van der Waals surface area contributed by atoms with Crippen molar-refractivity contribution in [3.05, 3.63) is 18.2 Å². The van der Waals surface area contributed by atoms with Gasteiger partial charge in [-0.2, -0.15) is 0 Å². The fourth-order valence-electron chi connectivity index (χ4n) is 0.670. The third-order valence-electron chi connectivity index (χ3n) is 1.20. The highest BCUT2D eigenvalue weighted by Gasteiger charge is 2.25. The Bertz CT molecular complexity index is 167. The lowest BCUT2D eigenvalue weighted by Crippen LogP contribution is -1.75. The summed E-state index contributed by atoms with van der Waals surface area (Å²) in [5.41, 5.74) is 1.09. The fourth-order valence-corrected chi connectivity index (χ4v) is 0.670. The quantitative estimate of drug-likeness (QED) is 0.534. The molecule has 1 N–H and O–H groups in total. The highest BCUT2D eigenvalue weighted by Crippen LogP contribution is 2.26. The molecule has 0 unspecified atom stereocenters. The third-order valence-corrected chi connectivity index (χ3v) is 1.20. The van der Waals surface area contributed by atoms with E-state index in [4.69, 9.17) is 4.74 Å². The first-order chi connectivity index (χ1) is 3.97. The number of rotatable bonds is 1. The van der Waals surface area contributed by atoms with Gasteiger partial charge in [0, 0.05) is 0 Å². The number of imidazole rings is 1. The molecule has 1 aliphatic rings. The van der Waals surface area contributed by atoms with E-state index in [-0.39, 0.29) is 0 Å². The molecule has 2 rings (SSSR count). The average molecular weight is 110 g/mol. The Morgan fingerprint density at radius 1 is 1.88 bits per heavy atom. The maximum Gasteiger partial charge on any atom is 0.122 e. The SMILES string of the molecule is c1ncc([C@@H]2CO2)[nH]1. The molecule has 8 heavy (non-hydrogen) atoms. The monoisotopic (exact) mass is 110 g/mol. The zero-order chi connectivity index (χ0) is 5.40. The Labute approximate surface area is 46.7 Å². The second kappa shape index (κ2) is 1.32. The molecule has 0 aliphatic carbocycles. The van der Waals surface area contributed by atoms with E-state index in [1.165, 1.54) is 0 Å². The summed E-state index contributed by atoms with van der Waals surface area (Å²) in [7, 11) is 0. The minimum absolute atomic E-state index is 0.317. The summed E-state index contributed by atoms with van der Waals surface area (Å²) < 4.78 is 4.98. The van der Waals surface area contributed by atoms with E-state index in [1.807, 2.05) is 0 Å². The van der Waals surface area contributed by atoms with Gasteiger partial charge in [-0.1, -0.05) is 0 Å². The molecule has 1 atom stereocenters. The van der Waals surface area contributed by atoms with Gasteiger partial charge in [0.2, 0.25) is 0 Å². The minimum Gasteiger partial charge on any atom is -0.366 e. The first kappa shape index (κ1) is 4.09. The molecule has 42 valence electrons. The Morgan fingerprint density at radius 3 is 3.25 bits per heavy atom. The normalized spacial score (nSPS) is 25.8. The van der Waals surface area contributed by atoms with Crippen LogP contribution in [0.25, 0.3) is 0 Å². The van der Waals surface area contributed by atoms with E-state index in [2.05, 4.69) is 9.97 Å². The molecule has 1 aromatic heterocycles. The van der Waals surface area contributed by atoms with E-state index in [0.717, 1.165) is 12.3 Å². The van der Waals surface area contributed by atoms with Gasteiger partial charge in [0.05, 0.1) is 24.8 Å². The first-order valence-corrected chi connectivity index (χ1v) is 2.57. The molecular weight excluding hydrogens is 104 g/mol. The Hall–Kier alpha value is -0.830. The van der Waals surface area contributed by atoms with Crippen LogP contribution in [0.1, 0.15) is 11.8 Å². The van der Waals surface area contributed by atoms with Gasteiger partial charge in [-0.05, 0) is 0 Å². The van der Waals surface area contributed by atoms with Crippen LogP contribution in [0.4, 0.5) is 0 Å². The standard InChI is InChI=1S/C5H6N2O/c1-4(5-2-8-5)7-3-6-1/h1,3,5H,2H2,(H,6,7)/t5-/m0/s1. The lowest BCUT2D eigenvalue weighted by molar-refractivity contribution is 0.412. The van der Waals surface area contributed by atoms with E-state index in [0.29, 0.717) is 6.10 Å². The van der Waals surface area contributed by atoms with Crippen LogP contribution in [0, 0.1) is 0 Å². The number of hydrogen-bond donors (Lipinski definition) is 1. The summed E-state index contributed by atoms with van der Waals surface area (Å²) in [5, 5.41) is 0. The van der Waals surface area contributed by atoms with Gasteiger partial charge in [-0.25, -0.2) is 4.98 Å². The van der Waals surface area contributed by atoms with Gasteiger partial charge >= 0.3 is 0 Å². The van der Waals surface area contributed by atoms with Crippen molar-refractivity contribution in [3.8, 4) is 0 Å². The van der Waals surface area contributed by atoms with Gasteiger partial charge < -0.3 is 9.72 Å². The summed E-state index contributed by atoms with van der Waals surface area (Å²) in [6, 6.07) is 0. The molecule has 0 aromatic carbocycles. The lowest BCUT2D eigenvalue weighted by Gasteiger charge is -1.79. The van der Waals surface area contributed by atoms with E-state index >= 15 is 0 Å². The largest absolute Gasteiger partial charge is 0.366 e. The summed E-state index contributed by atoms with van der Waals surface area (Å²) in [4.78, 5) is 6.81. The van der Waals surface area contributed by atoms with Crippen LogP contribution in [-0.4, -0.2) is 16.6 Å². The second-order valence-corrected chi connectivity index (χ2v) is 1.83. The van der Waals surface area contributed by atoms with Gasteiger partial charge in [0.15, 0.2) is 0 Å². The van der Waals surface area contributed by atoms with E-state index < -0.39 is 0 Å². The van der Waals surface area contributed by atoms with Crippen molar-refractivity contribution >= 4 is 0 Å². The van der Waals surface area contributed by atoms with Crippen LogP contribution in [0.3, 0.4) is 0 Å². The molecule has 3 nitrogen and oxygen atoms in total. The van der Waals surface area contributed by atoms with Gasteiger partial charge in [0.25, 0.3) is 0 Å². The van der Waals surface area contributed by atoms with Crippen molar-refractivity contribution in [2.24, 2.45) is 0 Å². The van der Waals surface area contributed by atoms with Crippen molar-refractivity contribution in [3.63, 3.8) is 0 Å². The van der Waals surface area contributed by atoms with Gasteiger partial charge in [0.1, 0.15) is 6.10 Å². The van der Waals surface area contributed by atoms with Crippen LogP contribution < -0.4 is 0 Å². The number of nitrogens with zero attached hydrogens (tertiary/aromatic N) is 1. The van der Waals surface area contributed by atoms with Gasteiger partial charge in [-0.15, -0.1) is 0 Å². The number of hydrogen-bond acceptors (Lipinski definition) is 2. The summed E-state index contributed by atoms with van der Waals surface area (Å²) >= 11 is 0. The van der Waals surface area contributed by atoms with Crippen LogP contribution in [-0.2, 0) is 4.74 Å². The summed E-state index contributed by atoms with van der Waals surface area (Å²) in [6.07, 6.45) is 3.77. The number of H-pyrrole nitrogens is 1. The minimum atomic E-state index is 0.317. The molecule has 0 spiro atoms. The molecule has 3 heteroatoms. The fraction of sp³-hybridized carbons (Fsp3) is 0.400. The molecule has 0 amide bonds. The number of nitrogens with one attached hydrogen (secondary N) is 1. The first-order valence-electron chi connectivity index (χ1n) is 2.57. The summed E-state index contributed by atoms with van der Waals surface area (Å²) in [5.74, 6) is 0. The lowest BCUT2D eigenvalue weighted by atomic mass is 10.4. The van der Waals surface area contributed by atoms with Crippen molar-refractivity contribution < 1.29 is 4.74 Å². The van der Waals surface area contributed by atoms with Crippen molar-refractivity contribution in [1.29, 1.82) is 0 Å². The number of epoxide rings is 1. The highest BCUT2D eigenvalue weighted by molar-refractivity contribution is 5.03. The van der Waals surface area contributed by atoms with Crippen LogP contribution in [0.2, 0.25) is 0 Å². The topological polar surface area (TPSA) is 41.2 Å². The zero-order valence-corrected chi connectivity index (χ0v) is 4.29. The molecule has 1 fully saturated rings. The molecule has 1 saturated heterocycles. The van der Waals surface area contributed by atoms with E-state index in [9.17, 15) is 0 Å². The Kier molecular flexibility index (Phi) is 0.676. The zero-order valence-electron chi connectivity index (χ0n) is 4.29. The number of aromatic nitrogens is 2. The smallest absolute Gasteiger partial charge is 0.122 e. The molecule has 2 heterocycles. The molecular formula is C5H6N2O. The number of ether oxygens (including phenoxy) is 1. The Morgan fingerprint density at radius 2 is 2.75 bits per heavy atom. The molecule has 0 radical (unpaired) electrons. The second-order valence-electron chi connectivity index (χ2n) is 1.83. The molecule has 0 bridgehead atoms. The maximum absolute atomic E-state index is 4.98. The molecule has 1 aromatic rings. The molecule has 1 aliphatic heterocycles. The van der Waals surface area contributed by atoms with Crippen LogP contribution >= 0.6 is 0 Å². The number of aromatic amines is 1. The van der Waals surface area contributed by atoms with Crippen LogP contribution in [0.5, 0.6) is 0 Å². The summed E-state index contributed by atoms with van der Waals surface area (Å²) in [6.45, 7) is 0.849. The van der Waals surface area contributed by atoms with Crippen molar-refractivity contribution in [1.82, 2.24) is 9.97 Å². The predicted molar refractivity (Wildman–Crippen MR) is 27.3 cm³/mol. The highest BCUT2D eigenvalue weighted by atomic mass is 16.6. The van der Waals surface area contributed by atoms with Gasteiger partial charge in [-0.3, -0.25) is 0 Å².